The number of hydrogen-bond acceptors (Lipinski definition) is 6. The number of nitrogens with zero attached hydrogens (tertiary/aromatic N) is 4. The Morgan fingerprint density at radius 2 is 1.92 bits per heavy atom. The van der Waals surface area contributed by atoms with Gasteiger partial charge in [0.15, 0.2) is 0 Å². The molecule has 2 heterocycles. The SMILES string of the molecule is CC(C)(C)c1ncc(C(=O)Nc2nnc(Cc3cccc(F)c3)s2)cn1. The molecule has 0 spiro atoms. The van der Waals surface area contributed by atoms with Crippen molar-refractivity contribution < 1.29 is 9.18 Å². The summed E-state index contributed by atoms with van der Waals surface area (Å²) in [5.41, 5.74) is 0.963. The van der Waals surface area contributed by atoms with Gasteiger partial charge in [0.05, 0.1) is 5.56 Å². The first kappa shape index (κ1) is 18.1. The van der Waals surface area contributed by atoms with Crippen LogP contribution in [0, 0.1) is 5.82 Å². The van der Waals surface area contributed by atoms with Crippen molar-refractivity contribution in [2.24, 2.45) is 0 Å². The van der Waals surface area contributed by atoms with Gasteiger partial charge < -0.3 is 0 Å². The lowest BCUT2D eigenvalue weighted by molar-refractivity contribution is 0.102. The molecule has 2 aromatic heterocycles. The number of anilines is 1. The van der Waals surface area contributed by atoms with E-state index in [0.29, 0.717) is 27.9 Å². The summed E-state index contributed by atoms with van der Waals surface area (Å²) in [5, 5.41) is 11.7. The van der Waals surface area contributed by atoms with Crippen LogP contribution < -0.4 is 5.32 Å². The third kappa shape index (κ3) is 4.45. The summed E-state index contributed by atoms with van der Waals surface area (Å²) in [7, 11) is 0. The Kier molecular flexibility index (Phi) is 5.03. The smallest absolute Gasteiger partial charge is 0.260 e. The third-order valence-electron chi connectivity index (χ3n) is 3.52. The maximum Gasteiger partial charge on any atom is 0.260 e. The van der Waals surface area contributed by atoms with Crippen LogP contribution in [0.1, 0.15) is 47.5 Å². The van der Waals surface area contributed by atoms with Crippen LogP contribution in [0.5, 0.6) is 0 Å². The van der Waals surface area contributed by atoms with E-state index in [1.54, 1.807) is 6.07 Å². The van der Waals surface area contributed by atoms with Crippen LogP contribution in [-0.2, 0) is 11.8 Å². The van der Waals surface area contributed by atoms with Gasteiger partial charge in [-0.2, -0.15) is 0 Å². The molecule has 1 N–H and O–H groups in total. The Hall–Kier alpha value is -2.74. The summed E-state index contributed by atoms with van der Waals surface area (Å²) in [5.74, 6) is 0.0282. The Morgan fingerprint density at radius 1 is 1.19 bits per heavy atom. The predicted molar refractivity (Wildman–Crippen MR) is 97.8 cm³/mol. The largest absolute Gasteiger partial charge is 0.296 e. The lowest BCUT2D eigenvalue weighted by Gasteiger charge is -2.15. The van der Waals surface area contributed by atoms with Crippen LogP contribution in [-0.4, -0.2) is 26.1 Å². The summed E-state index contributed by atoms with van der Waals surface area (Å²) in [6.07, 6.45) is 3.45. The summed E-state index contributed by atoms with van der Waals surface area (Å²) >= 11 is 1.25. The van der Waals surface area contributed by atoms with Crippen molar-refractivity contribution in [1.29, 1.82) is 0 Å². The van der Waals surface area contributed by atoms with Crippen LogP contribution in [0.4, 0.5) is 9.52 Å². The molecule has 3 aromatic rings. The van der Waals surface area contributed by atoms with Gasteiger partial charge in [0.2, 0.25) is 5.13 Å². The summed E-state index contributed by atoms with van der Waals surface area (Å²) in [6.45, 7) is 6.01. The van der Waals surface area contributed by atoms with Crippen LogP contribution in [0.3, 0.4) is 0 Å². The van der Waals surface area contributed by atoms with Crippen LogP contribution >= 0.6 is 11.3 Å². The zero-order chi connectivity index (χ0) is 18.7. The van der Waals surface area contributed by atoms with Crippen molar-refractivity contribution in [2.75, 3.05) is 5.32 Å². The fraction of sp³-hybridized carbons (Fsp3) is 0.278. The minimum Gasteiger partial charge on any atom is -0.296 e. The van der Waals surface area contributed by atoms with Crippen LogP contribution in [0.2, 0.25) is 0 Å². The first-order valence-electron chi connectivity index (χ1n) is 8.02. The molecule has 0 atom stereocenters. The highest BCUT2D eigenvalue weighted by Gasteiger charge is 2.18. The van der Waals surface area contributed by atoms with Gasteiger partial charge >= 0.3 is 0 Å². The lowest BCUT2D eigenvalue weighted by atomic mass is 9.96. The molecule has 6 nitrogen and oxygen atoms in total. The summed E-state index contributed by atoms with van der Waals surface area (Å²) in [4.78, 5) is 20.8. The zero-order valence-electron chi connectivity index (χ0n) is 14.7. The van der Waals surface area contributed by atoms with E-state index in [0.717, 1.165) is 5.56 Å². The number of hydrogen-bond donors (Lipinski definition) is 1. The van der Waals surface area contributed by atoms with Gasteiger partial charge in [-0.05, 0) is 17.7 Å². The zero-order valence-corrected chi connectivity index (χ0v) is 15.5. The highest BCUT2D eigenvalue weighted by Crippen LogP contribution is 2.20. The number of benzene rings is 1. The molecule has 8 heteroatoms. The fourth-order valence-electron chi connectivity index (χ4n) is 2.20. The quantitative estimate of drug-likeness (QED) is 0.758. The van der Waals surface area contributed by atoms with E-state index in [1.807, 2.05) is 26.8 Å². The molecule has 0 aliphatic carbocycles. The van der Waals surface area contributed by atoms with Gasteiger partial charge in [-0.1, -0.05) is 44.2 Å². The summed E-state index contributed by atoms with van der Waals surface area (Å²) in [6, 6.07) is 6.31. The highest BCUT2D eigenvalue weighted by atomic mass is 32.1. The van der Waals surface area contributed by atoms with Crippen LogP contribution in [0.25, 0.3) is 0 Å². The van der Waals surface area contributed by atoms with Gasteiger partial charge in [-0.15, -0.1) is 10.2 Å². The first-order valence-corrected chi connectivity index (χ1v) is 8.83. The Balaban J connectivity index is 1.66. The maximum atomic E-state index is 13.2. The number of rotatable bonds is 4. The predicted octanol–water partition coefficient (Wildman–Crippen LogP) is 3.61. The Bertz CT molecular complexity index is 918. The molecule has 0 radical (unpaired) electrons. The third-order valence-corrected chi connectivity index (χ3v) is 4.36. The molecule has 1 aromatic carbocycles. The molecule has 0 aliphatic heterocycles. The Labute approximate surface area is 154 Å². The van der Waals surface area contributed by atoms with Gasteiger partial charge in [-0.25, -0.2) is 14.4 Å². The molecule has 0 unspecified atom stereocenters. The van der Waals surface area contributed by atoms with Crippen molar-refractivity contribution >= 4 is 22.4 Å². The van der Waals surface area contributed by atoms with E-state index in [9.17, 15) is 9.18 Å². The monoisotopic (exact) mass is 371 g/mol. The second-order valence-electron chi connectivity index (χ2n) is 6.81. The van der Waals surface area contributed by atoms with E-state index < -0.39 is 0 Å². The van der Waals surface area contributed by atoms with E-state index in [-0.39, 0.29) is 17.1 Å². The fourth-order valence-corrected chi connectivity index (χ4v) is 2.97. The standard InChI is InChI=1S/C18H18FN5OS/c1-18(2,3)16-20-9-12(10-21-16)15(25)22-17-24-23-14(26-17)8-11-5-4-6-13(19)7-11/h4-7,9-10H,8H2,1-3H3,(H,22,24,25). The molecule has 0 saturated heterocycles. The maximum absolute atomic E-state index is 13.2. The normalized spacial score (nSPS) is 11.4. The Morgan fingerprint density at radius 3 is 2.58 bits per heavy atom. The second-order valence-corrected chi connectivity index (χ2v) is 7.87. The van der Waals surface area contributed by atoms with Gasteiger partial charge in [-0.3, -0.25) is 10.1 Å². The minimum absolute atomic E-state index is 0.181. The average molecular weight is 371 g/mol. The molecule has 0 aliphatic rings. The van der Waals surface area contributed by atoms with E-state index in [1.165, 1.54) is 35.9 Å². The molecule has 0 saturated carbocycles. The lowest BCUT2D eigenvalue weighted by Crippen LogP contribution is -2.18. The topological polar surface area (TPSA) is 80.7 Å². The second kappa shape index (κ2) is 7.25. The highest BCUT2D eigenvalue weighted by molar-refractivity contribution is 7.15. The number of aromatic nitrogens is 4. The van der Waals surface area contributed by atoms with E-state index in [2.05, 4.69) is 25.5 Å². The molecule has 0 fully saturated rings. The molecular formula is C18H18FN5OS. The molecule has 26 heavy (non-hydrogen) atoms. The number of halogens is 1. The van der Waals surface area contributed by atoms with Crippen molar-refractivity contribution in [1.82, 2.24) is 20.2 Å². The van der Waals surface area contributed by atoms with E-state index in [4.69, 9.17) is 0 Å². The van der Waals surface area contributed by atoms with Crippen LogP contribution in [0.15, 0.2) is 36.7 Å². The van der Waals surface area contributed by atoms with Crippen molar-refractivity contribution in [3.8, 4) is 0 Å². The van der Waals surface area contributed by atoms with E-state index >= 15 is 0 Å². The molecular weight excluding hydrogens is 353 g/mol. The van der Waals surface area contributed by atoms with Crippen molar-refractivity contribution in [3.05, 3.63) is 64.4 Å². The van der Waals surface area contributed by atoms with Gasteiger partial charge in [0.25, 0.3) is 5.91 Å². The number of amides is 1. The number of carbonyl (C=O) groups is 1. The first-order chi connectivity index (χ1) is 12.3. The molecule has 3 rings (SSSR count). The van der Waals surface area contributed by atoms with Gasteiger partial charge in [0.1, 0.15) is 16.6 Å². The summed E-state index contributed by atoms with van der Waals surface area (Å²) < 4.78 is 13.2. The molecule has 134 valence electrons. The average Bonchev–Trinajstić information content (AvgIpc) is 3.01. The molecule has 0 bridgehead atoms. The van der Waals surface area contributed by atoms with Crippen molar-refractivity contribution in [3.63, 3.8) is 0 Å². The minimum atomic E-state index is -0.348. The molecule has 1 amide bonds. The van der Waals surface area contributed by atoms with Gasteiger partial charge in [0, 0.05) is 24.2 Å². The number of carbonyl (C=O) groups excluding carboxylic acids is 1. The number of nitrogens with one attached hydrogen (secondary N) is 1. The van der Waals surface area contributed by atoms with Crippen molar-refractivity contribution in [2.45, 2.75) is 32.6 Å².